The van der Waals surface area contributed by atoms with E-state index in [-0.39, 0.29) is 29.2 Å². The van der Waals surface area contributed by atoms with Gasteiger partial charge < -0.3 is 4.74 Å². The van der Waals surface area contributed by atoms with Crippen LogP contribution in [0.15, 0.2) is 36.4 Å². The van der Waals surface area contributed by atoms with E-state index in [4.69, 9.17) is 27.9 Å². The van der Waals surface area contributed by atoms with E-state index in [1.54, 1.807) is 29.2 Å². The SMILES string of the molecule is Cl.O=C(c1ccc(Cl)cc1Cl)N(CCCN1CCOCC1)c1nc2ccc(F)cc2s1. The zero-order chi connectivity index (χ0) is 21.1. The van der Waals surface area contributed by atoms with Crippen molar-refractivity contribution in [1.82, 2.24) is 9.88 Å². The first kappa shape index (κ1) is 24.2. The Balaban J connectivity index is 0.00000272. The van der Waals surface area contributed by atoms with Gasteiger partial charge in [-0.15, -0.1) is 12.4 Å². The maximum absolute atomic E-state index is 13.6. The van der Waals surface area contributed by atoms with E-state index >= 15 is 0 Å². The molecule has 166 valence electrons. The molecule has 0 radical (unpaired) electrons. The van der Waals surface area contributed by atoms with Gasteiger partial charge in [-0.2, -0.15) is 0 Å². The maximum atomic E-state index is 13.6. The molecule has 4 rings (SSSR count). The first-order valence-corrected chi connectivity index (χ1v) is 11.2. The van der Waals surface area contributed by atoms with Crippen LogP contribution in [0.5, 0.6) is 0 Å². The predicted octanol–water partition coefficient (Wildman–Crippen LogP) is 5.53. The summed E-state index contributed by atoms with van der Waals surface area (Å²) in [5.41, 5.74) is 1.02. The van der Waals surface area contributed by atoms with Gasteiger partial charge in [0.05, 0.1) is 34.0 Å². The molecular formula is C21H21Cl3FN3O2S. The van der Waals surface area contributed by atoms with Crippen LogP contribution in [-0.2, 0) is 4.74 Å². The third-order valence-corrected chi connectivity index (χ3v) is 6.53. The number of ether oxygens (including phenoxy) is 1. The second-order valence-corrected chi connectivity index (χ2v) is 8.85. The Hall–Kier alpha value is -1.48. The topological polar surface area (TPSA) is 45.7 Å². The molecule has 1 fully saturated rings. The molecule has 10 heteroatoms. The van der Waals surface area contributed by atoms with Crippen LogP contribution in [0.25, 0.3) is 10.2 Å². The van der Waals surface area contributed by atoms with Crippen LogP contribution in [0.3, 0.4) is 0 Å². The normalized spacial score (nSPS) is 14.4. The molecule has 0 spiro atoms. The Bertz CT molecular complexity index is 1060. The van der Waals surface area contributed by atoms with Gasteiger partial charge in [0.1, 0.15) is 5.82 Å². The average Bonchev–Trinajstić information content (AvgIpc) is 3.14. The predicted molar refractivity (Wildman–Crippen MR) is 127 cm³/mol. The summed E-state index contributed by atoms with van der Waals surface area (Å²) in [5.74, 6) is -0.582. The fourth-order valence-electron chi connectivity index (χ4n) is 3.37. The van der Waals surface area contributed by atoms with E-state index in [2.05, 4.69) is 9.88 Å². The Kier molecular flexibility index (Phi) is 8.50. The number of hydrogen-bond acceptors (Lipinski definition) is 5. The number of nitrogens with zero attached hydrogens (tertiary/aromatic N) is 3. The number of rotatable bonds is 6. The fraction of sp³-hybridized carbons (Fsp3) is 0.333. The highest BCUT2D eigenvalue weighted by Crippen LogP contribution is 2.32. The minimum Gasteiger partial charge on any atom is -0.379 e. The fourth-order valence-corrected chi connectivity index (χ4v) is 4.88. The summed E-state index contributed by atoms with van der Waals surface area (Å²) in [6.45, 7) is 4.55. The highest BCUT2D eigenvalue weighted by Gasteiger charge is 2.24. The molecule has 0 bridgehead atoms. The molecule has 0 aliphatic carbocycles. The summed E-state index contributed by atoms with van der Waals surface area (Å²) in [4.78, 5) is 21.9. The van der Waals surface area contributed by atoms with E-state index in [0.29, 0.717) is 32.5 Å². The molecular weight excluding hydrogens is 484 g/mol. The van der Waals surface area contributed by atoms with Crippen molar-refractivity contribution < 1.29 is 13.9 Å². The maximum Gasteiger partial charge on any atom is 0.261 e. The number of benzene rings is 2. The molecule has 0 atom stereocenters. The summed E-state index contributed by atoms with van der Waals surface area (Å²) in [6, 6.07) is 9.23. The van der Waals surface area contributed by atoms with E-state index in [1.165, 1.54) is 23.5 Å². The van der Waals surface area contributed by atoms with Crippen molar-refractivity contribution in [3.05, 3.63) is 57.8 Å². The van der Waals surface area contributed by atoms with Crippen molar-refractivity contribution in [2.45, 2.75) is 6.42 Å². The molecule has 1 aliphatic rings. The van der Waals surface area contributed by atoms with Gasteiger partial charge in [-0.05, 0) is 42.8 Å². The molecule has 1 aliphatic heterocycles. The lowest BCUT2D eigenvalue weighted by Gasteiger charge is -2.27. The number of carbonyl (C=O) groups excluding carboxylic acids is 1. The van der Waals surface area contributed by atoms with Crippen molar-refractivity contribution in [2.75, 3.05) is 44.3 Å². The van der Waals surface area contributed by atoms with Crippen LogP contribution in [0, 0.1) is 5.82 Å². The number of halogens is 4. The van der Waals surface area contributed by atoms with Gasteiger partial charge in [0.2, 0.25) is 0 Å². The van der Waals surface area contributed by atoms with Crippen molar-refractivity contribution in [2.24, 2.45) is 0 Å². The highest BCUT2D eigenvalue weighted by molar-refractivity contribution is 7.22. The van der Waals surface area contributed by atoms with Crippen LogP contribution >= 0.6 is 46.9 Å². The van der Waals surface area contributed by atoms with Gasteiger partial charge >= 0.3 is 0 Å². The van der Waals surface area contributed by atoms with Crippen LogP contribution < -0.4 is 4.90 Å². The van der Waals surface area contributed by atoms with Crippen molar-refractivity contribution in [1.29, 1.82) is 0 Å². The van der Waals surface area contributed by atoms with E-state index in [1.807, 2.05) is 0 Å². The lowest BCUT2D eigenvalue weighted by Crippen LogP contribution is -2.39. The van der Waals surface area contributed by atoms with Gasteiger partial charge in [0, 0.05) is 31.2 Å². The number of carbonyl (C=O) groups is 1. The molecule has 1 aromatic heterocycles. The molecule has 1 amide bonds. The highest BCUT2D eigenvalue weighted by atomic mass is 35.5. The molecule has 31 heavy (non-hydrogen) atoms. The van der Waals surface area contributed by atoms with E-state index in [0.717, 1.165) is 39.3 Å². The molecule has 3 aromatic rings. The number of fused-ring (bicyclic) bond motifs is 1. The van der Waals surface area contributed by atoms with Crippen LogP contribution in [0.4, 0.5) is 9.52 Å². The van der Waals surface area contributed by atoms with E-state index in [9.17, 15) is 9.18 Å². The molecule has 0 saturated carbocycles. The third-order valence-electron chi connectivity index (χ3n) is 4.94. The first-order valence-electron chi connectivity index (χ1n) is 9.64. The zero-order valence-electron chi connectivity index (χ0n) is 16.5. The minimum absolute atomic E-state index is 0. The molecule has 2 heterocycles. The average molecular weight is 505 g/mol. The number of hydrogen-bond donors (Lipinski definition) is 0. The Morgan fingerprint density at radius 3 is 2.71 bits per heavy atom. The standard InChI is InChI=1S/C21H20Cl2FN3O2S.ClH/c22-14-2-4-16(17(23)12-14)20(28)27(7-1-6-26-8-10-29-11-9-26)21-25-18-5-3-15(24)13-19(18)30-21;/h2-5,12-13H,1,6-11H2;1H. The summed E-state index contributed by atoms with van der Waals surface area (Å²) in [5, 5.41) is 1.28. The lowest BCUT2D eigenvalue weighted by atomic mass is 10.2. The molecule has 2 aromatic carbocycles. The Morgan fingerprint density at radius 1 is 1.19 bits per heavy atom. The minimum atomic E-state index is -0.330. The Labute approximate surface area is 200 Å². The summed E-state index contributed by atoms with van der Waals surface area (Å²) in [6.07, 6.45) is 0.765. The van der Waals surface area contributed by atoms with E-state index < -0.39 is 0 Å². The van der Waals surface area contributed by atoms with Gasteiger partial charge in [0.25, 0.3) is 5.91 Å². The first-order chi connectivity index (χ1) is 14.5. The second-order valence-electron chi connectivity index (χ2n) is 7.00. The number of morpholine rings is 1. The number of amides is 1. The monoisotopic (exact) mass is 503 g/mol. The summed E-state index contributed by atoms with van der Waals surface area (Å²) in [7, 11) is 0. The molecule has 5 nitrogen and oxygen atoms in total. The summed E-state index contributed by atoms with van der Waals surface area (Å²) < 4.78 is 19.7. The smallest absolute Gasteiger partial charge is 0.261 e. The third kappa shape index (κ3) is 5.86. The quantitative estimate of drug-likeness (QED) is 0.443. The number of thiazole rings is 1. The van der Waals surface area contributed by atoms with Crippen molar-refractivity contribution >= 4 is 68.2 Å². The van der Waals surface area contributed by atoms with Crippen molar-refractivity contribution in [3.63, 3.8) is 0 Å². The number of anilines is 1. The molecule has 1 saturated heterocycles. The lowest BCUT2D eigenvalue weighted by molar-refractivity contribution is 0.0376. The van der Waals surface area contributed by atoms with Gasteiger partial charge in [-0.3, -0.25) is 14.6 Å². The van der Waals surface area contributed by atoms with Crippen LogP contribution in [0.2, 0.25) is 10.0 Å². The van der Waals surface area contributed by atoms with Gasteiger partial charge in [-0.25, -0.2) is 9.37 Å². The summed E-state index contributed by atoms with van der Waals surface area (Å²) >= 11 is 13.6. The zero-order valence-corrected chi connectivity index (χ0v) is 19.7. The van der Waals surface area contributed by atoms with Crippen LogP contribution in [-0.4, -0.2) is 55.2 Å². The molecule has 0 N–H and O–H groups in total. The largest absolute Gasteiger partial charge is 0.379 e. The van der Waals surface area contributed by atoms with Crippen LogP contribution in [0.1, 0.15) is 16.8 Å². The van der Waals surface area contributed by atoms with Gasteiger partial charge in [0.15, 0.2) is 5.13 Å². The second kappa shape index (κ2) is 10.9. The Morgan fingerprint density at radius 2 is 1.97 bits per heavy atom. The number of aromatic nitrogens is 1. The van der Waals surface area contributed by atoms with Crippen molar-refractivity contribution in [3.8, 4) is 0 Å². The molecule has 0 unspecified atom stereocenters. The van der Waals surface area contributed by atoms with Gasteiger partial charge in [-0.1, -0.05) is 34.5 Å².